The minimum absolute atomic E-state index is 0.424. The van der Waals surface area contributed by atoms with Crippen LogP contribution in [0.5, 0.6) is 0 Å². The standard InChI is InChI=1S/C10H8Cl2N2O/c11-7-2-1-6(5-8(7)12)10(15)9-3-4-13-14-9/h1-5,10,15H,(H,13,14). The van der Waals surface area contributed by atoms with Gasteiger partial charge in [0.25, 0.3) is 0 Å². The second-order valence-corrected chi connectivity index (χ2v) is 3.90. The quantitative estimate of drug-likeness (QED) is 0.851. The van der Waals surface area contributed by atoms with Crippen LogP contribution in [-0.4, -0.2) is 15.3 Å². The number of nitrogens with one attached hydrogen (secondary N) is 1. The second-order valence-electron chi connectivity index (χ2n) is 3.09. The Morgan fingerprint density at radius 1 is 1.20 bits per heavy atom. The van der Waals surface area contributed by atoms with E-state index >= 15 is 0 Å². The average molecular weight is 243 g/mol. The van der Waals surface area contributed by atoms with E-state index in [1.54, 1.807) is 30.5 Å². The highest BCUT2D eigenvalue weighted by Gasteiger charge is 2.12. The van der Waals surface area contributed by atoms with E-state index < -0.39 is 6.10 Å². The van der Waals surface area contributed by atoms with E-state index in [0.717, 1.165) is 0 Å². The summed E-state index contributed by atoms with van der Waals surface area (Å²) in [5, 5.41) is 17.3. The van der Waals surface area contributed by atoms with Gasteiger partial charge in [-0.25, -0.2) is 0 Å². The summed E-state index contributed by atoms with van der Waals surface area (Å²) < 4.78 is 0. The zero-order chi connectivity index (χ0) is 10.8. The maximum absolute atomic E-state index is 9.92. The van der Waals surface area contributed by atoms with Crippen LogP contribution >= 0.6 is 23.2 Å². The Bertz CT molecular complexity index is 456. The molecule has 5 heteroatoms. The number of rotatable bonds is 2. The first-order valence-electron chi connectivity index (χ1n) is 4.31. The Hall–Kier alpha value is -1.03. The zero-order valence-corrected chi connectivity index (χ0v) is 9.13. The molecule has 0 radical (unpaired) electrons. The zero-order valence-electron chi connectivity index (χ0n) is 7.61. The van der Waals surface area contributed by atoms with Crippen molar-refractivity contribution >= 4 is 23.2 Å². The van der Waals surface area contributed by atoms with E-state index in [-0.39, 0.29) is 0 Å². The molecule has 0 bridgehead atoms. The summed E-state index contributed by atoms with van der Waals surface area (Å²) in [6.45, 7) is 0. The molecular formula is C10H8Cl2N2O. The largest absolute Gasteiger partial charge is 0.382 e. The molecule has 1 aromatic heterocycles. The Morgan fingerprint density at radius 2 is 2.00 bits per heavy atom. The van der Waals surface area contributed by atoms with Crippen molar-refractivity contribution in [3.63, 3.8) is 0 Å². The van der Waals surface area contributed by atoms with Gasteiger partial charge in [-0.3, -0.25) is 5.10 Å². The van der Waals surface area contributed by atoms with Crippen LogP contribution in [0, 0.1) is 0 Å². The minimum Gasteiger partial charge on any atom is -0.382 e. The van der Waals surface area contributed by atoms with Crippen LogP contribution in [0.15, 0.2) is 30.5 Å². The van der Waals surface area contributed by atoms with E-state index in [0.29, 0.717) is 21.3 Å². The maximum Gasteiger partial charge on any atom is 0.120 e. The average Bonchev–Trinajstić information content (AvgIpc) is 2.74. The van der Waals surface area contributed by atoms with E-state index in [4.69, 9.17) is 23.2 Å². The summed E-state index contributed by atoms with van der Waals surface area (Å²) in [6, 6.07) is 6.71. The molecule has 0 saturated heterocycles. The minimum atomic E-state index is -0.762. The number of halogens is 2. The van der Waals surface area contributed by atoms with Gasteiger partial charge >= 0.3 is 0 Å². The van der Waals surface area contributed by atoms with E-state index in [1.807, 2.05) is 0 Å². The Balaban J connectivity index is 2.34. The van der Waals surface area contributed by atoms with Crippen LogP contribution in [0.3, 0.4) is 0 Å². The number of hydrogen-bond acceptors (Lipinski definition) is 2. The highest BCUT2D eigenvalue weighted by atomic mass is 35.5. The number of benzene rings is 1. The molecule has 2 rings (SSSR count). The normalized spacial score (nSPS) is 12.7. The van der Waals surface area contributed by atoms with Gasteiger partial charge in [-0.05, 0) is 23.8 Å². The van der Waals surface area contributed by atoms with Gasteiger partial charge in [0.15, 0.2) is 0 Å². The van der Waals surface area contributed by atoms with Crippen LogP contribution in [0.1, 0.15) is 17.4 Å². The molecule has 15 heavy (non-hydrogen) atoms. The number of aromatic nitrogens is 2. The fourth-order valence-corrected chi connectivity index (χ4v) is 1.59. The smallest absolute Gasteiger partial charge is 0.120 e. The first-order valence-corrected chi connectivity index (χ1v) is 5.06. The lowest BCUT2D eigenvalue weighted by Gasteiger charge is -2.09. The molecule has 2 N–H and O–H groups in total. The predicted octanol–water partition coefficient (Wildman–Crippen LogP) is 2.80. The van der Waals surface area contributed by atoms with Crippen molar-refractivity contribution in [2.45, 2.75) is 6.10 Å². The monoisotopic (exact) mass is 242 g/mol. The lowest BCUT2D eigenvalue weighted by atomic mass is 10.1. The first kappa shape index (κ1) is 10.5. The molecule has 0 saturated carbocycles. The Morgan fingerprint density at radius 3 is 2.60 bits per heavy atom. The van der Waals surface area contributed by atoms with E-state index in [2.05, 4.69) is 10.2 Å². The van der Waals surface area contributed by atoms with Crippen molar-refractivity contribution in [3.05, 3.63) is 51.8 Å². The van der Waals surface area contributed by atoms with E-state index in [9.17, 15) is 5.11 Å². The summed E-state index contributed by atoms with van der Waals surface area (Å²) >= 11 is 11.6. The van der Waals surface area contributed by atoms with Crippen molar-refractivity contribution in [2.24, 2.45) is 0 Å². The van der Waals surface area contributed by atoms with Crippen LogP contribution in [-0.2, 0) is 0 Å². The fourth-order valence-electron chi connectivity index (χ4n) is 1.28. The molecular weight excluding hydrogens is 235 g/mol. The molecule has 0 aliphatic carbocycles. The highest BCUT2D eigenvalue weighted by molar-refractivity contribution is 6.42. The van der Waals surface area contributed by atoms with E-state index in [1.165, 1.54) is 0 Å². The van der Waals surface area contributed by atoms with Crippen LogP contribution in [0.25, 0.3) is 0 Å². The van der Waals surface area contributed by atoms with Crippen molar-refractivity contribution in [2.75, 3.05) is 0 Å². The number of hydrogen-bond donors (Lipinski definition) is 2. The van der Waals surface area contributed by atoms with Gasteiger partial charge in [0.1, 0.15) is 6.10 Å². The van der Waals surface area contributed by atoms with Gasteiger partial charge in [0.2, 0.25) is 0 Å². The number of aliphatic hydroxyl groups is 1. The molecule has 2 aromatic rings. The Kier molecular flexibility index (Phi) is 2.95. The number of nitrogens with zero attached hydrogens (tertiary/aromatic N) is 1. The van der Waals surface area contributed by atoms with Gasteiger partial charge in [-0.1, -0.05) is 29.3 Å². The molecule has 1 heterocycles. The van der Waals surface area contributed by atoms with Crippen LogP contribution in [0.4, 0.5) is 0 Å². The van der Waals surface area contributed by atoms with Crippen molar-refractivity contribution in [3.8, 4) is 0 Å². The molecule has 0 aliphatic heterocycles. The summed E-state index contributed by atoms with van der Waals surface area (Å²) in [4.78, 5) is 0. The number of aliphatic hydroxyl groups excluding tert-OH is 1. The molecule has 3 nitrogen and oxygen atoms in total. The highest BCUT2D eigenvalue weighted by Crippen LogP contribution is 2.27. The predicted molar refractivity (Wildman–Crippen MR) is 59.1 cm³/mol. The van der Waals surface area contributed by atoms with Crippen LogP contribution in [0.2, 0.25) is 10.0 Å². The second kappa shape index (κ2) is 4.23. The maximum atomic E-state index is 9.92. The van der Waals surface area contributed by atoms with Crippen LogP contribution < -0.4 is 0 Å². The van der Waals surface area contributed by atoms with Crippen molar-refractivity contribution in [1.29, 1.82) is 0 Å². The van der Waals surface area contributed by atoms with Crippen molar-refractivity contribution in [1.82, 2.24) is 10.2 Å². The summed E-state index contributed by atoms with van der Waals surface area (Å²) in [7, 11) is 0. The SMILES string of the molecule is OC(c1ccc(Cl)c(Cl)c1)c1ccn[nH]1. The molecule has 1 atom stereocenters. The molecule has 0 spiro atoms. The third-order valence-corrected chi connectivity index (χ3v) is 2.82. The van der Waals surface area contributed by atoms with Gasteiger partial charge < -0.3 is 5.11 Å². The molecule has 1 aromatic carbocycles. The first-order chi connectivity index (χ1) is 7.18. The summed E-state index contributed by atoms with van der Waals surface area (Å²) in [6.07, 6.45) is 0.818. The molecule has 0 fully saturated rings. The molecule has 0 amide bonds. The number of aromatic amines is 1. The van der Waals surface area contributed by atoms with Gasteiger partial charge in [-0.15, -0.1) is 0 Å². The third-order valence-electron chi connectivity index (χ3n) is 2.08. The molecule has 1 unspecified atom stereocenters. The molecule has 78 valence electrons. The summed E-state index contributed by atoms with van der Waals surface area (Å²) in [5.41, 5.74) is 1.29. The lowest BCUT2D eigenvalue weighted by molar-refractivity contribution is 0.215. The summed E-state index contributed by atoms with van der Waals surface area (Å²) in [5.74, 6) is 0. The number of H-pyrrole nitrogens is 1. The van der Waals surface area contributed by atoms with Gasteiger partial charge in [0.05, 0.1) is 15.7 Å². The Labute approximate surface area is 96.7 Å². The fraction of sp³-hybridized carbons (Fsp3) is 0.100. The third kappa shape index (κ3) is 2.15. The van der Waals surface area contributed by atoms with Gasteiger partial charge in [-0.2, -0.15) is 5.10 Å². The van der Waals surface area contributed by atoms with Gasteiger partial charge in [0, 0.05) is 6.20 Å². The lowest BCUT2D eigenvalue weighted by Crippen LogP contribution is -2.00. The molecule has 0 aliphatic rings. The van der Waals surface area contributed by atoms with Crippen molar-refractivity contribution < 1.29 is 5.11 Å². The topological polar surface area (TPSA) is 48.9 Å².